The molecule has 0 radical (unpaired) electrons. The van der Waals surface area contributed by atoms with Gasteiger partial charge in [0.2, 0.25) is 5.95 Å². The summed E-state index contributed by atoms with van der Waals surface area (Å²) in [5.41, 5.74) is 8.07. The van der Waals surface area contributed by atoms with Crippen LogP contribution in [0.15, 0.2) is 42.5 Å². The number of halogens is 1. The average Bonchev–Trinajstić information content (AvgIpc) is 2.73. The first kappa shape index (κ1) is 11.5. The number of fused-ring (bicyclic) bond motifs is 1. The molecule has 0 fully saturated rings. The van der Waals surface area contributed by atoms with E-state index in [0.717, 1.165) is 11.0 Å². The van der Waals surface area contributed by atoms with Crippen LogP contribution >= 0.6 is 0 Å². The summed E-state index contributed by atoms with van der Waals surface area (Å²) >= 11 is 0. The van der Waals surface area contributed by atoms with Crippen molar-refractivity contribution in [2.24, 2.45) is 0 Å². The molecule has 0 aliphatic heterocycles. The van der Waals surface area contributed by atoms with Crippen LogP contribution < -0.4 is 10.5 Å². The lowest BCUT2D eigenvalue weighted by Crippen LogP contribution is -2.00. The zero-order valence-electron chi connectivity index (χ0n) is 10.3. The Balaban J connectivity index is 2.30. The van der Waals surface area contributed by atoms with Crippen molar-refractivity contribution < 1.29 is 9.13 Å². The molecule has 0 spiro atoms. The molecule has 0 saturated carbocycles. The molecule has 0 saturated heterocycles. The van der Waals surface area contributed by atoms with E-state index in [1.165, 1.54) is 12.1 Å². The number of nitrogens with two attached hydrogens (primary N) is 1. The lowest BCUT2D eigenvalue weighted by Gasteiger charge is -2.07. The molecule has 2 aromatic carbocycles. The molecule has 0 aliphatic rings. The molecule has 4 nitrogen and oxygen atoms in total. The van der Waals surface area contributed by atoms with Crippen molar-refractivity contribution in [2.45, 2.75) is 0 Å². The van der Waals surface area contributed by atoms with Crippen LogP contribution in [0.1, 0.15) is 0 Å². The summed E-state index contributed by atoms with van der Waals surface area (Å²) in [4.78, 5) is 4.26. The number of hydrogen-bond donors (Lipinski definition) is 1. The van der Waals surface area contributed by atoms with E-state index < -0.39 is 0 Å². The van der Waals surface area contributed by atoms with Crippen LogP contribution in [-0.4, -0.2) is 16.7 Å². The second kappa shape index (κ2) is 4.28. The predicted molar refractivity (Wildman–Crippen MR) is 72.0 cm³/mol. The maximum absolute atomic E-state index is 13.3. The summed E-state index contributed by atoms with van der Waals surface area (Å²) in [5, 5.41) is 0. The number of anilines is 1. The summed E-state index contributed by atoms with van der Waals surface area (Å²) < 4.78 is 20.2. The van der Waals surface area contributed by atoms with E-state index in [1.807, 2.05) is 18.2 Å². The van der Waals surface area contributed by atoms with Crippen molar-refractivity contribution in [3.05, 3.63) is 48.3 Å². The maximum Gasteiger partial charge on any atom is 0.205 e. The van der Waals surface area contributed by atoms with E-state index in [2.05, 4.69) is 4.98 Å². The lowest BCUT2D eigenvalue weighted by atomic mass is 10.2. The number of methoxy groups -OCH3 is 1. The van der Waals surface area contributed by atoms with Crippen LogP contribution in [0.25, 0.3) is 16.7 Å². The average molecular weight is 257 g/mol. The Kier molecular flexibility index (Phi) is 2.59. The molecule has 19 heavy (non-hydrogen) atoms. The van der Waals surface area contributed by atoms with Gasteiger partial charge in [-0.15, -0.1) is 0 Å². The third-order valence-corrected chi connectivity index (χ3v) is 2.95. The van der Waals surface area contributed by atoms with Crippen molar-refractivity contribution in [1.29, 1.82) is 0 Å². The Morgan fingerprint density at radius 2 is 2.05 bits per heavy atom. The fourth-order valence-electron chi connectivity index (χ4n) is 2.09. The number of hydrogen-bond acceptors (Lipinski definition) is 3. The van der Waals surface area contributed by atoms with Crippen molar-refractivity contribution in [3.8, 4) is 11.4 Å². The fraction of sp³-hybridized carbons (Fsp3) is 0.0714. The highest BCUT2D eigenvalue weighted by Gasteiger charge is 2.11. The zero-order valence-corrected chi connectivity index (χ0v) is 10.3. The number of ether oxygens (including phenoxy) is 1. The van der Waals surface area contributed by atoms with E-state index in [-0.39, 0.29) is 5.82 Å². The predicted octanol–water partition coefficient (Wildman–Crippen LogP) is 2.76. The highest BCUT2D eigenvalue weighted by atomic mass is 19.1. The monoisotopic (exact) mass is 257 g/mol. The molecule has 3 rings (SSSR count). The molecule has 1 aromatic heterocycles. The van der Waals surface area contributed by atoms with Gasteiger partial charge in [-0.2, -0.15) is 0 Å². The summed E-state index contributed by atoms with van der Waals surface area (Å²) in [5.74, 6) is 0.695. The second-order valence-corrected chi connectivity index (χ2v) is 4.14. The van der Waals surface area contributed by atoms with Gasteiger partial charge in [0.1, 0.15) is 11.6 Å². The largest absolute Gasteiger partial charge is 0.497 e. The molecule has 0 atom stereocenters. The first-order valence-electron chi connectivity index (χ1n) is 5.77. The van der Waals surface area contributed by atoms with Gasteiger partial charge in [-0.3, -0.25) is 4.57 Å². The molecule has 5 heteroatoms. The number of imidazole rings is 1. The number of aromatic nitrogens is 2. The fourth-order valence-corrected chi connectivity index (χ4v) is 2.09. The minimum Gasteiger partial charge on any atom is -0.497 e. The van der Waals surface area contributed by atoms with E-state index >= 15 is 0 Å². The number of benzene rings is 2. The molecule has 0 amide bonds. The van der Waals surface area contributed by atoms with Gasteiger partial charge >= 0.3 is 0 Å². The Labute approximate surface area is 109 Å². The van der Waals surface area contributed by atoms with Crippen LogP contribution in [-0.2, 0) is 0 Å². The highest BCUT2D eigenvalue weighted by Crippen LogP contribution is 2.26. The molecule has 1 heterocycles. The van der Waals surface area contributed by atoms with Gasteiger partial charge in [-0.1, -0.05) is 6.07 Å². The molecule has 0 unspecified atom stereocenters. The number of nitrogens with zero attached hydrogens (tertiary/aromatic N) is 2. The van der Waals surface area contributed by atoms with Gasteiger partial charge < -0.3 is 10.5 Å². The van der Waals surface area contributed by atoms with Gasteiger partial charge in [-0.25, -0.2) is 9.37 Å². The smallest absolute Gasteiger partial charge is 0.205 e. The summed E-state index contributed by atoms with van der Waals surface area (Å²) in [6.07, 6.45) is 0. The van der Waals surface area contributed by atoms with Crippen molar-refractivity contribution in [1.82, 2.24) is 9.55 Å². The molecular weight excluding hydrogens is 245 g/mol. The van der Waals surface area contributed by atoms with E-state index in [0.29, 0.717) is 17.4 Å². The van der Waals surface area contributed by atoms with E-state index in [9.17, 15) is 4.39 Å². The van der Waals surface area contributed by atoms with Gasteiger partial charge in [0.05, 0.1) is 23.8 Å². The third kappa shape index (κ3) is 1.89. The first-order valence-corrected chi connectivity index (χ1v) is 5.77. The standard InChI is InChI=1S/C14H12FN3O/c1-19-11-5-6-12-13(8-11)18(14(16)17-12)10-4-2-3-9(15)7-10/h2-8H,1H3,(H2,16,17). The lowest BCUT2D eigenvalue weighted by molar-refractivity contribution is 0.415. The van der Waals surface area contributed by atoms with Gasteiger partial charge in [0.25, 0.3) is 0 Å². The number of rotatable bonds is 2. The Morgan fingerprint density at radius 1 is 1.21 bits per heavy atom. The van der Waals surface area contributed by atoms with Crippen LogP contribution in [0, 0.1) is 5.82 Å². The van der Waals surface area contributed by atoms with Gasteiger partial charge in [0, 0.05) is 6.07 Å². The quantitative estimate of drug-likeness (QED) is 0.768. The normalized spacial score (nSPS) is 10.8. The van der Waals surface area contributed by atoms with Crippen LogP contribution in [0.4, 0.5) is 10.3 Å². The Bertz CT molecular complexity index is 752. The van der Waals surface area contributed by atoms with Gasteiger partial charge in [-0.05, 0) is 30.3 Å². The molecule has 96 valence electrons. The van der Waals surface area contributed by atoms with Crippen molar-refractivity contribution >= 4 is 17.0 Å². The summed E-state index contributed by atoms with van der Waals surface area (Å²) in [6.45, 7) is 0. The highest BCUT2D eigenvalue weighted by molar-refractivity contribution is 5.82. The minimum absolute atomic E-state index is 0.314. The van der Waals surface area contributed by atoms with Crippen molar-refractivity contribution in [3.63, 3.8) is 0 Å². The molecular formula is C14H12FN3O. The van der Waals surface area contributed by atoms with E-state index in [1.54, 1.807) is 23.8 Å². The number of nitrogen functional groups attached to an aromatic ring is 1. The zero-order chi connectivity index (χ0) is 13.4. The Morgan fingerprint density at radius 3 is 2.79 bits per heavy atom. The van der Waals surface area contributed by atoms with Crippen LogP contribution in [0.3, 0.4) is 0 Å². The molecule has 0 aliphatic carbocycles. The van der Waals surface area contributed by atoms with Crippen molar-refractivity contribution in [2.75, 3.05) is 12.8 Å². The molecule has 0 bridgehead atoms. The first-order chi connectivity index (χ1) is 9.19. The van der Waals surface area contributed by atoms with E-state index in [4.69, 9.17) is 10.5 Å². The topological polar surface area (TPSA) is 53.1 Å². The summed E-state index contributed by atoms with van der Waals surface area (Å²) in [6, 6.07) is 11.7. The van der Waals surface area contributed by atoms with Crippen LogP contribution in [0.5, 0.6) is 5.75 Å². The summed E-state index contributed by atoms with van der Waals surface area (Å²) in [7, 11) is 1.59. The third-order valence-electron chi connectivity index (χ3n) is 2.95. The SMILES string of the molecule is COc1ccc2nc(N)n(-c3cccc(F)c3)c2c1. The van der Waals surface area contributed by atoms with Gasteiger partial charge in [0.15, 0.2) is 0 Å². The molecule has 3 aromatic rings. The minimum atomic E-state index is -0.318. The second-order valence-electron chi connectivity index (χ2n) is 4.14. The molecule has 2 N–H and O–H groups in total. The van der Waals surface area contributed by atoms with Crippen LogP contribution in [0.2, 0.25) is 0 Å². The Hall–Kier alpha value is -2.56. The maximum atomic E-state index is 13.3.